The molecule has 5 nitrogen and oxygen atoms in total. The molecule has 0 aliphatic carbocycles. The summed E-state index contributed by atoms with van der Waals surface area (Å²) in [5.41, 5.74) is 3.20. The third-order valence-corrected chi connectivity index (χ3v) is 5.29. The second-order valence-electron chi connectivity index (χ2n) is 8.66. The van der Waals surface area contributed by atoms with Crippen molar-refractivity contribution in [2.45, 2.75) is 52.2 Å². The van der Waals surface area contributed by atoms with Gasteiger partial charge >= 0.3 is 0 Å². The van der Waals surface area contributed by atoms with Crippen LogP contribution in [0.5, 0.6) is 5.75 Å². The zero-order valence-corrected chi connectivity index (χ0v) is 17.9. The molecule has 5 heteroatoms. The van der Waals surface area contributed by atoms with Crippen molar-refractivity contribution in [1.29, 1.82) is 0 Å². The van der Waals surface area contributed by atoms with Crippen molar-refractivity contribution in [2.75, 3.05) is 18.5 Å². The predicted molar refractivity (Wildman–Crippen MR) is 115 cm³/mol. The van der Waals surface area contributed by atoms with E-state index in [9.17, 15) is 9.59 Å². The lowest BCUT2D eigenvalue weighted by molar-refractivity contribution is -0.130. The van der Waals surface area contributed by atoms with Gasteiger partial charge in [0.15, 0.2) is 6.10 Å². The summed E-state index contributed by atoms with van der Waals surface area (Å²) < 4.78 is 5.65. The van der Waals surface area contributed by atoms with Gasteiger partial charge in [-0.05, 0) is 35.6 Å². The summed E-state index contributed by atoms with van der Waals surface area (Å²) in [7, 11) is 1.80. The van der Waals surface area contributed by atoms with Crippen LogP contribution in [0, 0.1) is 0 Å². The van der Waals surface area contributed by atoms with Gasteiger partial charge in [0.05, 0.1) is 5.69 Å². The first-order chi connectivity index (χ1) is 13.7. The number of hydrogen-bond donors (Lipinski definition) is 0. The number of fused-ring (bicyclic) bond motifs is 1. The zero-order chi connectivity index (χ0) is 21.2. The molecule has 0 radical (unpaired) electrons. The SMILES string of the molecule is CC1Oc2ccccc2N(CCC(=O)N(C)Cc2ccc(C(C)(C)C)cc2)C1=O. The third kappa shape index (κ3) is 4.78. The number of benzene rings is 2. The number of carbonyl (C=O) groups is 2. The minimum atomic E-state index is -0.543. The molecule has 2 aromatic carbocycles. The number of para-hydroxylation sites is 2. The lowest BCUT2D eigenvalue weighted by atomic mass is 9.87. The molecule has 0 aromatic heterocycles. The van der Waals surface area contributed by atoms with E-state index >= 15 is 0 Å². The van der Waals surface area contributed by atoms with Crippen molar-refractivity contribution in [3.8, 4) is 5.75 Å². The number of rotatable bonds is 5. The van der Waals surface area contributed by atoms with Gasteiger partial charge in [-0.2, -0.15) is 0 Å². The molecular formula is C24H30N2O3. The normalized spacial score (nSPS) is 16.2. The first kappa shape index (κ1) is 20.9. The highest BCUT2D eigenvalue weighted by Gasteiger charge is 2.31. The second kappa shape index (κ2) is 8.27. The van der Waals surface area contributed by atoms with Crippen molar-refractivity contribution < 1.29 is 14.3 Å². The Kier molecular flexibility index (Phi) is 5.96. The number of anilines is 1. The van der Waals surface area contributed by atoms with E-state index < -0.39 is 6.10 Å². The summed E-state index contributed by atoms with van der Waals surface area (Å²) in [6, 6.07) is 15.8. The molecule has 1 unspecified atom stereocenters. The van der Waals surface area contributed by atoms with Gasteiger partial charge in [0.25, 0.3) is 5.91 Å². The van der Waals surface area contributed by atoms with Crippen LogP contribution in [0.15, 0.2) is 48.5 Å². The van der Waals surface area contributed by atoms with Gasteiger partial charge < -0.3 is 14.5 Å². The summed E-state index contributed by atoms with van der Waals surface area (Å²) in [5, 5.41) is 0. The maximum atomic E-state index is 12.7. The average Bonchev–Trinajstić information content (AvgIpc) is 2.68. The van der Waals surface area contributed by atoms with Gasteiger partial charge in [-0.1, -0.05) is 57.2 Å². The van der Waals surface area contributed by atoms with E-state index in [1.165, 1.54) is 5.56 Å². The monoisotopic (exact) mass is 394 g/mol. The zero-order valence-electron chi connectivity index (χ0n) is 17.9. The molecule has 2 amide bonds. The number of carbonyl (C=O) groups excluding carboxylic acids is 2. The fraction of sp³-hybridized carbons (Fsp3) is 0.417. The molecule has 0 bridgehead atoms. The summed E-state index contributed by atoms with van der Waals surface area (Å²) in [5.74, 6) is 0.575. The number of amides is 2. The Morgan fingerprint density at radius 1 is 1.10 bits per heavy atom. The second-order valence-corrected chi connectivity index (χ2v) is 8.66. The van der Waals surface area contributed by atoms with E-state index in [2.05, 4.69) is 45.0 Å². The van der Waals surface area contributed by atoms with Crippen molar-refractivity contribution >= 4 is 17.5 Å². The van der Waals surface area contributed by atoms with E-state index in [0.717, 1.165) is 11.3 Å². The summed E-state index contributed by atoms with van der Waals surface area (Å²) in [4.78, 5) is 28.6. The molecule has 0 spiro atoms. The Bertz CT molecular complexity index is 884. The van der Waals surface area contributed by atoms with Crippen LogP contribution < -0.4 is 9.64 Å². The van der Waals surface area contributed by atoms with E-state index in [4.69, 9.17) is 4.74 Å². The Morgan fingerprint density at radius 2 is 1.76 bits per heavy atom. The van der Waals surface area contributed by atoms with E-state index in [1.807, 2.05) is 24.3 Å². The molecular weight excluding hydrogens is 364 g/mol. The summed E-state index contributed by atoms with van der Waals surface area (Å²) >= 11 is 0. The first-order valence-electron chi connectivity index (χ1n) is 10.1. The van der Waals surface area contributed by atoms with Crippen molar-refractivity contribution in [3.63, 3.8) is 0 Å². The minimum Gasteiger partial charge on any atom is -0.479 e. The Balaban J connectivity index is 1.61. The molecule has 0 N–H and O–H groups in total. The molecule has 1 heterocycles. The van der Waals surface area contributed by atoms with Crippen LogP contribution in [0.3, 0.4) is 0 Å². The van der Waals surface area contributed by atoms with Gasteiger partial charge in [-0.3, -0.25) is 9.59 Å². The average molecular weight is 395 g/mol. The van der Waals surface area contributed by atoms with Crippen LogP contribution in [0.4, 0.5) is 5.69 Å². The van der Waals surface area contributed by atoms with Crippen LogP contribution in [0.2, 0.25) is 0 Å². The third-order valence-electron chi connectivity index (χ3n) is 5.29. The van der Waals surface area contributed by atoms with Gasteiger partial charge in [0, 0.05) is 26.6 Å². The molecule has 1 aliphatic heterocycles. The van der Waals surface area contributed by atoms with Gasteiger partial charge in [0.2, 0.25) is 5.91 Å². The molecule has 0 saturated heterocycles. The van der Waals surface area contributed by atoms with Crippen molar-refractivity contribution in [3.05, 3.63) is 59.7 Å². The smallest absolute Gasteiger partial charge is 0.267 e. The number of hydrogen-bond acceptors (Lipinski definition) is 3. The molecule has 2 aromatic rings. The van der Waals surface area contributed by atoms with Gasteiger partial charge in [0.1, 0.15) is 5.75 Å². The lowest BCUT2D eigenvalue weighted by Crippen LogP contribution is -2.45. The molecule has 3 rings (SSSR count). The lowest BCUT2D eigenvalue weighted by Gasteiger charge is -2.33. The quantitative estimate of drug-likeness (QED) is 0.766. The van der Waals surface area contributed by atoms with Crippen molar-refractivity contribution in [2.24, 2.45) is 0 Å². The van der Waals surface area contributed by atoms with Crippen LogP contribution in [0.25, 0.3) is 0 Å². The number of ether oxygens (including phenoxy) is 1. The highest BCUT2D eigenvalue weighted by molar-refractivity contribution is 6.00. The minimum absolute atomic E-state index is 0.00863. The van der Waals surface area contributed by atoms with E-state index in [-0.39, 0.29) is 23.7 Å². The predicted octanol–water partition coefficient (Wildman–Crippen LogP) is 4.15. The first-order valence-corrected chi connectivity index (χ1v) is 10.1. The highest BCUT2D eigenvalue weighted by Crippen LogP contribution is 2.33. The van der Waals surface area contributed by atoms with Crippen LogP contribution >= 0.6 is 0 Å². The molecule has 1 aliphatic rings. The van der Waals surface area contributed by atoms with E-state index in [0.29, 0.717) is 18.8 Å². The Morgan fingerprint density at radius 3 is 2.41 bits per heavy atom. The maximum absolute atomic E-state index is 12.7. The molecule has 154 valence electrons. The summed E-state index contributed by atoms with van der Waals surface area (Å²) in [6.07, 6.45) is -0.275. The van der Waals surface area contributed by atoms with Crippen LogP contribution in [0.1, 0.15) is 45.2 Å². The van der Waals surface area contributed by atoms with Crippen LogP contribution in [-0.2, 0) is 21.5 Å². The van der Waals surface area contributed by atoms with Gasteiger partial charge in [-0.15, -0.1) is 0 Å². The van der Waals surface area contributed by atoms with Crippen molar-refractivity contribution in [1.82, 2.24) is 4.90 Å². The fourth-order valence-electron chi connectivity index (χ4n) is 3.46. The Labute approximate surface area is 173 Å². The van der Waals surface area contributed by atoms with Gasteiger partial charge in [-0.25, -0.2) is 0 Å². The number of nitrogens with zero attached hydrogens (tertiary/aromatic N) is 2. The molecule has 1 atom stereocenters. The molecule has 0 saturated carbocycles. The standard InChI is InChI=1S/C24H30N2O3/c1-17-23(28)26(20-8-6-7-9-21(20)29-17)15-14-22(27)25(5)16-18-10-12-19(13-11-18)24(2,3)4/h6-13,17H,14-16H2,1-5H3. The van der Waals surface area contributed by atoms with E-state index in [1.54, 1.807) is 23.8 Å². The molecule has 29 heavy (non-hydrogen) atoms. The topological polar surface area (TPSA) is 49.9 Å². The largest absolute Gasteiger partial charge is 0.479 e. The summed E-state index contributed by atoms with van der Waals surface area (Å²) in [6.45, 7) is 9.18. The fourth-order valence-corrected chi connectivity index (χ4v) is 3.46. The van der Waals surface area contributed by atoms with Crippen LogP contribution in [-0.4, -0.2) is 36.4 Å². The highest BCUT2D eigenvalue weighted by atomic mass is 16.5. The Hall–Kier alpha value is -2.82. The maximum Gasteiger partial charge on any atom is 0.267 e. The molecule has 0 fully saturated rings.